The fraction of sp³-hybridized carbons (Fsp3) is 0.750. The van der Waals surface area contributed by atoms with Gasteiger partial charge in [-0.25, -0.2) is 0 Å². The summed E-state index contributed by atoms with van der Waals surface area (Å²) in [4.78, 5) is 12.6. The van der Waals surface area contributed by atoms with Gasteiger partial charge in [0.2, 0.25) is 0 Å². The maximum atomic E-state index is 12.6. The highest BCUT2D eigenvalue weighted by Crippen LogP contribution is 2.35. The van der Waals surface area contributed by atoms with Crippen molar-refractivity contribution in [3.63, 3.8) is 0 Å². The van der Waals surface area contributed by atoms with Crippen LogP contribution in [0.15, 0.2) is 36.0 Å². The van der Waals surface area contributed by atoms with Gasteiger partial charge in [0.15, 0.2) is 5.78 Å². The van der Waals surface area contributed by atoms with Gasteiger partial charge in [0, 0.05) is 12.0 Å². The third kappa shape index (κ3) is 11.3. The highest BCUT2D eigenvalue weighted by Gasteiger charge is 2.34. The molecule has 0 heterocycles. The first-order valence-corrected chi connectivity index (χ1v) is 12.6. The maximum Gasteiger partial charge on any atom is 0.161 e. The first-order valence-electron chi connectivity index (χ1n) is 12.6. The van der Waals surface area contributed by atoms with Crippen LogP contribution in [-0.4, -0.2) is 18.5 Å². The lowest BCUT2D eigenvalue weighted by Crippen LogP contribution is -2.32. The molecule has 2 nitrogen and oxygen atoms in total. The van der Waals surface area contributed by atoms with Crippen LogP contribution in [-0.2, 0) is 9.53 Å². The molecule has 30 heavy (non-hydrogen) atoms. The van der Waals surface area contributed by atoms with Crippen LogP contribution >= 0.6 is 0 Å². The fourth-order valence-electron chi connectivity index (χ4n) is 4.10. The van der Waals surface area contributed by atoms with Crippen molar-refractivity contribution >= 4 is 5.78 Å². The summed E-state index contributed by atoms with van der Waals surface area (Å²) in [6, 6.07) is 0. The molecule has 0 N–H and O–H groups in total. The van der Waals surface area contributed by atoms with E-state index < -0.39 is 5.41 Å². The summed E-state index contributed by atoms with van der Waals surface area (Å²) in [5.41, 5.74) is 1.79. The summed E-state index contributed by atoms with van der Waals surface area (Å²) < 4.78 is 6.18. The number of hydrogen-bond acceptors (Lipinski definition) is 2. The first kappa shape index (κ1) is 26.9. The van der Waals surface area contributed by atoms with Crippen molar-refractivity contribution in [2.75, 3.05) is 6.61 Å². The molecule has 0 spiro atoms. The molecule has 2 atom stereocenters. The van der Waals surface area contributed by atoms with Crippen LogP contribution in [0.2, 0.25) is 0 Å². The molecular formula is C28H48O2. The van der Waals surface area contributed by atoms with E-state index in [-0.39, 0.29) is 11.9 Å². The molecule has 0 amide bonds. The molecule has 2 heteroatoms. The summed E-state index contributed by atoms with van der Waals surface area (Å²) in [5.74, 6) is 0.204. The monoisotopic (exact) mass is 416 g/mol. The van der Waals surface area contributed by atoms with E-state index >= 15 is 0 Å². The average molecular weight is 417 g/mol. The van der Waals surface area contributed by atoms with Gasteiger partial charge in [-0.15, -0.1) is 0 Å². The highest BCUT2D eigenvalue weighted by molar-refractivity contribution is 5.95. The molecule has 0 saturated heterocycles. The number of ketones is 1. The van der Waals surface area contributed by atoms with Crippen molar-refractivity contribution in [2.24, 2.45) is 5.41 Å². The van der Waals surface area contributed by atoms with E-state index in [2.05, 4.69) is 33.4 Å². The number of carbonyl (C=O) groups excluding carboxylic acids is 1. The fourth-order valence-corrected chi connectivity index (χ4v) is 4.10. The van der Waals surface area contributed by atoms with E-state index in [9.17, 15) is 4.79 Å². The van der Waals surface area contributed by atoms with Crippen LogP contribution in [0.4, 0.5) is 0 Å². The molecule has 0 saturated carbocycles. The number of hydrogen-bond donors (Lipinski definition) is 0. The van der Waals surface area contributed by atoms with Gasteiger partial charge in [-0.3, -0.25) is 4.79 Å². The van der Waals surface area contributed by atoms with Crippen molar-refractivity contribution in [1.82, 2.24) is 0 Å². The van der Waals surface area contributed by atoms with Crippen molar-refractivity contribution in [1.29, 1.82) is 0 Å². The Bertz CT molecular complexity index is 557. The Morgan fingerprint density at radius 1 is 1.00 bits per heavy atom. The van der Waals surface area contributed by atoms with Crippen LogP contribution in [0.1, 0.15) is 118 Å². The van der Waals surface area contributed by atoms with E-state index in [1.807, 2.05) is 13.0 Å². The van der Waals surface area contributed by atoms with Gasteiger partial charge >= 0.3 is 0 Å². The van der Waals surface area contributed by atoms with Crippen LogP contribution in [0.3, 0.4) is 0 Å². The molecule has 0 aromatic carbocycles. The Kier molecular flexibility index (Phi) is 14.0. The summed E-state index contributed by atoms with van der Waals surface area (Å²) in [7, 11) is 0. The van der Waals surface area contributed by atoms with Crippen LogP contribution < -0.4 is 0 Å². The molecule has 1 aliphatic rings. The van der Waals surface area contributed by atoms with E-state index in [0.29, 0.717) is 6.42 Å². The lowest BCUT2D eigenvalue weighted by molar-refractivity contribution is -0.124. The van der Waals surface area contributed by atoms with Crippen molar-refractivity contribution < 1.29 is 9.53 Å². The lowest BCUT2D eigenvalue weighted by atomic mass is 9.76. The molecule has 1 rings (SSSR count). The molecule has 0 aliphatic heterocycles. The Morgan fingerprint density at radius 2 is 1.53 bits per heavy atom. The van der Waals surface area contributed by atoms with Gasteiger partial charge < -0.3 is 4.74 Å². The Hall–Kier alpha value is -1.15. The Morgan fingerprint density at radius 3 is 2.07 bits per heavy atom. The summed E-state index contributed by atoms with van der Waals surface area (Å²) in [5, 5.41) is 0. The maximum absolute atomic E-state index is 12.6. The van der Waals surface area contributed by atoms with Gasteiger partial charge in [0.1, 0.15) is 0 Å². The minimum atomic E-state index is -0.394. The Labute approximate surface area is 187 Å². The second kappa shape index (κ2) is 15.6. The van der Waals surface area contributed by atoms with E-state index in [1.54, 1.807) is 6.08 Å². The normalized spacial score (nSPS) is 20.1. The van der Waals surface area contributed by atoms with E-state index in [1.165, 1.54) is 70.6 Å². The quantitative estimate of drug-likeness (QED) is 0.175. The number of ether oxygens (including phenoxy) is 1. The zero-order valence-electron chi connectivity index (χ0n) is 20.4. The molecule has 2 unspecified atom stereocenters. The molecule has 1 aliphatic carbocycles. The third-order valence-electron chi connectivity index (χ3n) is 6.47. The summed E-state index contributed by atoms with van der Waals surface area (Å²) >= 11 is 0. The second-order valence-electron chi connectivity index (χ2n) is 9.71. The number of rotatable bonds is 17. The predicted octanol–water partition coefficient (Wildman–Crippen LogP) is 8.52. The zero-order valence-corrected chi connectivity index (χ0v) is 20.4. The number of allylic oxidation sites excluding steroid dienone is 4. The van der Waals surface area contributed by atoms with Crippen LogP contribution in [0.5, 0.6) is 0 Å². The predicted molar refractivity (Wildman–Crippen MR) is 131 cm³/mol. The summed E-state index contributed by atoms with van der Waals surface area (Å²) in [6.07, 6.45) is 23.5. The largest absolute Gasteiger partial charge is 0.374 e. The molecule has 0 aromatic heterocycles. The minimum Gasteiger partial charge on any atom is -0.374 e. The molecule has 0 aromatic rings. The molecule has 172 valence electrons. The first-order chi connectivity index (χ1) is 14.4. The topological polar surface area (TPSA) is 26.3 Å². The van der Waals surface area contributed by atoms with Gasteiger partial charge in [0.05, 0.1) is 6.10 Å². The summed E-state index contributed by atoms with van der Waals surface area (Å²) in [6.45, 7) is 13.3. The van der Waals surface area contributed by atoms with Crippen molar-refractivity contribution in [3.05, 3.63) is 36.0 Å². The molecule has 0 bridgehead atoms. The number of unbranched alkanes of at least 4 members (excludes halogenated alkanes) is 11. The average Bonchev–Trinajstić information content (AvgIpc) is 2.84. The van der Waals surface area contributed by atoms with Gasteiger partial charge in [-0.2, -0.15) is 0 Å². The van der Waals surface area contributed by atoms with E-state index in [0.717, 1.165) is 30.6 Å². The van der Waals surface area contributed by atoms with Gasteiger partial charge in [0.25, 0.3) is 0 Å². The zero-order chi connectivity index (χ0) is 22.2. The lowest BCUT2D eigenvalue weighted by Gasteiger charge is -2.30. The second-order valence-corrected chi connectivity index (χ2v) is 9.71. The molecule has 0 radical (unpaired) electrons. The highest BCUT2D eigenvalue weighted by atomic mass is 16.5. The van der Waals surface area contributed by atoms with Crippen molar-refractivity contribution in [3.8, 4) is 0 Å². The van der Waals surface area contributed by atoms with Gasteiger partial charge in [-0.1, -0.05) is 114 Å². The van der Waals surface area contributed by atoms with E-state index in [4.69, 9.17) is 4.74 Å². The minimum absolute atomic E-state index is 0.0353. The van der Waals surface area contributed by atoms with Crippen LogP contribution in [0, 0.1) is 5.41 Å². The smallest absolute Gasteiger partial charge is 0.161 e. The van der Waals surface area contributed by atoms with Crippen molar-refractivity contribution in [2.45, 2.75) is 124 Å². The molecular weight excluding hydrogens is 368 g/mol. The third-order valence-corrected chi connectivity index (χ3v) is 6.47. The number of carbonyl (C=O) groups is 1. The standard InChI is InChI=1S/C28H48O2/c1-6-7-8-9-10-11-12-13-14-15-16-17-22-30-26(24(2)3)23-28(5)21-20-25(4)18-19-27(28)29/h18-20,26H,2,6-17,21-23H2,1,3-5H3. The Balaban J connectivity index is 2.17. The SMILES string of the molecule is C=C(C)C(CC1(C)CC=C(C)C=CC1=O)OCCCCCCCCCCCCCC. The molecule has 0 fully saturated rings. The van der Waals surface area contributed by atoms with Crippen LogP contribution in [0.25, 0.3) is 0 Å². The van der Waals surface area contributed by atoms with Gasteiger partial charge in [-0.05, 0) is 39.2 Å².